The number of hydrogen-bond acceptors (Lipinski definition) is 3. The van der Waals surface area contributed by atoms with Crippen LogP contribution in [0.25, 0.3) is 0 Å². The Balaban J connectivity index is 1.59. The number of nitrogens with zero attached hydrogens (tertiary/aromatic N) is 1. The molecule has 0 radical (unpaired) electrons. The lowest BCUT2D eigenvalue weighted by Gasteiger charge is -2.26. The SMILES string of the molecule is C[C@H](NC(=O)c1ccc(CN2CCOCC2)cc1)c1ccc(F)c(F)c1. The number of hydrogen-bond donors (Lipinski definition) is 1. The summed E-state index contributed by atoms with van der Waals surface area (Å²) >= 11 is 0. The van der Waals surface area contributed by atoms with Gasteiger partial charge < -0.3 is 10.1 Å². The fraction of sp³-hybridized carbons (Fsp3) is 0.350. The molecule has 6 heteroatoms. The third-order valence-corrected chi connectivity index (χ3v) is 4.52. The quantitative estimate of drug-likeness (QED) is 0.890. The summed E-state index contributed by atoms with van der Waals surface area (Å²) in [6.07, 6.45) is 0. The van der Waals surface area contributed by atoms with Gasteiger partial charge in [0.25, 0.3) is 5.91 Å². The largest absolute Gasteiger partial charge is 0.379 e. The van der Waals surface area contributed by atoms with Crippen molar-refractivity contribution in [1.82, 2.24) is 10.2 Å². The van der Waals surface area contributed by atoms with Crippen molar-refractivity contribution in [3.63, 3.8) is 0 Å². The Bertz CT molecular complexity index is 759. The van der Waals surface area contributed by atoms with Crippen molar-refractivity contribution in [2.24, 2.45) is 0 Å². The standard InChI is InChI=1S/C20H22F2N2O2/c1-14(17-6-7-18(21)19(22)12-17)23-20(25)16-4-2-15(3-5-16)13-24-8-10-26-11-9-24/h2-7,12,14H,8-11,13H2,1H3,(H,23,25)/t14-/m0/s1. The molecule has 138 valence electrons. The summed E-state index contributed by atoms with van der Waals surface area (Å²) in [4.78, 5) is 14.7. The van der Waals surface area contributed by atoms with Gasteiger partial charge >= 0.3 is 0 Å². The molecule has 0 spiro atoms. The fourth-order valence-corrected chi connectivity index (χ4v) is 2.92. The molecule has 1 fully saturated rings. The van der Waals surface area contributed by atoms with E-state index < -0.39 is 17.7 Å². The van der Waals surface area contributed by atoms with E-state index in [4.69, 9.17) is 4.74 Å². The van der Waals surface area contributed by atoms with Gasteiger partial charge in [0.05, 0.1) is 19.3 Å². The zero-order valence-corrected chi connectivity index (χ0v) is 14.7. The summed E-state index contributed by atoms with van der Waals surface area (Å²) in [7, 11) is 0. The Morgan fingerprint density at radius 2 is 1.81 bits per heavy atom. The molecule has 0 bridgehead atoms. The highest BCUT2D eigenvalue weighted by Gasteiger charge is 2.14. The number of benzene rings is 2. The minimum atomic E-state index is -0.920. The van der Waals surface area contributed by atoms with Gasteiger partial charge in [0.2, 0.25) is 0 Å². The summed E-state index contributed by atoms with van der Waals surface area (Å²) in [5.74, 6) is -2.07. The van der Waals surface area contributed by atoms with Gasteiger partial charge in [0.15, 0.2) is 11.6 Å². The van der Waals surface area contributed by atoms with E-state index >= 15 is 0 Å². The van der Waals surface area contributed by atoms with Crippen molar-refractivity contribution in [2.75, 3.05) is 26.3 Å². The number of halogens is 2. The minimum absolute atomic E-state index is 0.250. The molecule has 1 saturated heterocycles. The Labute approximate surface area is 151 Å². The van der Waals surface area contributed by atoms with Crippen molar-refractivity contribution in [2.45, 2.75) is 19.5 Å². The first kappa shape index (κ1) is 18.5. The molecule has 1 heterocycles. The molecule has 0 saturated carbocycles. The summed E-state index contributed by atoms with van der Waals surface area (Å²) in [6, 6.07) is 10.6. The number of rotatable bonds is 5. The highest BCUT2D eigenvalue weighted by molar-refractivity contribution is 5.94. The van der Waals surface area contributed by atoms with Gasteiger partial charge in [-0.05, 0) is 42.3 Å². The molecular formula is C20H22F2N2O2. The van der Waals surface area contributed by atoms with Crippen molar-refractivity contribution in [3.05, 3.63) is 70.8 Å². The summed E-state index contributed by atoms with van der Waals surface area (Å²) in [6.45, 7) is 5.89. The monoisotopic (exact) mass is 360 g/mol. The molecule has 4 nitrogen and oxygen atoms in total. The third-order valence-electron chi connectivity index (χ3n) is 4.52. The predicted octanol–water partition coefficient (Wildman–Crippen LogP) is 3.29. The number of carbonyl (C=O) groups excluding carboxylic acids is 1. The molecule has 0 aliphatic carbocycles. The second-order valence-corrected chi connectivity index (χ2v) is 6.45. The number of amides is 1. The van der Waals surface area contributed by atoms with Gasteiger partial charge in [-0.15, -0.1) is 0 Å². The lowest BCUT2D eigenvalue weighted by molar-refractivity contribution is 0.0342. The highest BCUT2D eigenvalue weighted by Crippen LogP contribution is 2.17. The van der Waals surface area contributed by atoms with E-state index in [0.717, 1.165) is 50.5 Å². The molecule has 3 rings (SSSR count). The third kappa shape index (κ3) is 4.65. The summed E-state index contributed by atoms with van der Waals surface area (Å²) < 4.78 is 31.7. The molecule has 1 aliphatic rings. The van der Waals surface area contributed by atoms with Crippen LogP contribution in [0.4, 0.5) is 8.78 Å². The number of ether oxygens (including phenoxy) is 1. The van der Waals surface area contributed by atoms with E-state index in [9.17, 15) is 13.6 Å². The Hall–Kier alpha value is -2.31. The van der Waals surface area contributed by atoms with Crippen LogP contribution in [0.15, 0.2) is 42.5 Å². The average molecular weight is 360 g/mol. The van der Waals surface area contributed by atoms with Crippen LogP contribution in [-0.4, -0.2) is 37.1 Å². The van der Waals surface area contributed by atoms with Crippen LogP contribution in [0.1, 0.15) is 34.5 Å². The van der Waals surface area contributed by atoms with Crippen LogP contribution in [0, 0.1) is 11.6 Å². The topological polar surface area (TPSA) is 41.6 Å². The molecule has 1 atom stereocenters. The Morgan fingerprint density at radius 3 is 2.46 bits per heavy atom. The lowest BCUT2D eigenvalue weighted by Crippen LogP contribution is -2.35. The van der Waals surface area contributed by atoms with Gasteiger partial charge in [-0.2, -0.15) is 0 Å². The molecule has 1 N–H and O–H groups in total. The van der Waals surface area contributed by atoms with E-state index in [0.29, 0.717) is 11.1 Å². The van der Waals surface area contributed by atoms with Crippen molar-refractivity contribution < 1.29 is 18.3 Å². The number of morpholine rings is 1. The number of nitrogens with one attached hydrogen (secondary N) is 1. The van der Waals surface area contributed by atoms with Gasteiger partial charge in [-0.1, -0.05) is 18.2 Å². The van der Waals surface area contributed by atoms with Crippen molar-refractivity contribution in [1.29, 1.82) is 0 Å². The van der Waals surface area contributed by atoms with E-state index in [-0.39, 0.29) is 5.91 Å². The van der Waals surface area contributed by atoms with Crippen LogP contribution in [-0.2, 0) is 11.3 Å². The lowest BCUT2D eigenvalue weighted by atomic mass is 10.1. The second-order valence-electron chi connectivity index (χ2n) is 6.45. The van der Waals surface area contributed by atoms with Crippen LogP contribution in [0.2, 0.25) is 0 Å². The van der Waals surface area contributed by atoms with Crippen LogP contribution in [0.3, 0.4) is 0 Å². The van der Waals surface area contributed by atoms with Gasteiger partial charge in [-0.3, -0.25) is 9.69 Å². The first-order valence-corrected chi connectivity index (χ1v) is 8.68. The molecule has 26 heavy (non-hydrogen) atoms. The van der Waals surface area contributed by atoms with Crippen LogP contribution >= 0.6 is 0 Å². The summed E-state index contributed by atoms with van der Waals surface area (Å²) in [5.41, 5.74) is 2.18. The van der Waals surface area contributed by atoms with Crippen molar-refractivity contribution in [3.8, 4) is 0 Å². The summed E-state index contributed by atoms with van der Waals surface area (Å²) in [5, 5.41) is 2.80. The van der Waals surface area contributed by atoms with E-state index in [2.05, 4.69) is 10.2 Å². The van der Waals surface area contributed by atoms with Crippen LogP contribution in [0.5, 0.6) is 0 Å². The normalized spacial score (nSPS) is 16.3. The van der Waals surface area contributed by atoms with Crippen molar-refractivity contribution >= 4 is 5.91 Å². The van der Waals surface area contributed by atoms with Gasteiger partial charge in [-0.25, -0.2) is 8.78 Å². The van der Waals surface area contributed by atoms with E-state index in [1.807, 2.05) is 12.1 Å². The Morgan fingerprint density at radius 1 is 1.12 bits per heavy atom. The zero-order valence-electron chi connectivity index (χ0n) is 14.7. The van der Waals surface area contributed by atoms with E-state index in [1.165, 1.54) is 6.07 Å². The maximum absolute atomic E-state index is 13.3. The molecular weight excluding hydrogens is 338 g/mol. The number of carbonyl (C=O) groups is 1. The molecule has 2 aromatic rings. The average Bonchev–Trinajstić information content (AvgIpc) is 2.65. The highest BCUT2D eigenvalue weighted by atomic mass is 19.2. The molecule has 0 aromatic heterocycles. The molecule has 0 unspecified atom stereocenters. The maximum atomic E-state index is 13.3. The molecule has 2 aromatic carbocycles. The van der Waals surface area contributed by atoms with E-state index in [1.54, 1.807) is 19.1 Å². The second kappa shape index (κ2) is 8.38. The van der Waals surface area contributed by atoms with Gasteiger partial charge in [0, 0.05) is 25.2 Å². The first-order chi connectivity index (χ1) is 12.5. The minimum Gasteiger partial charge on any atom is -0.379 e. The Kier molecular flexibility index (Phi) is 5.96. The zero-order chi connectivity index (χ0) is 18.5. The smallest absolute Gasteiger partial charge is 0.251 e. The fourth-order valence-electron chi connectivity index (χ4n) is 2.92. The van der Waals surface area contributed by atoms with Gasteiger partial charge in [0.1, 0.15) is 0 Å². The maximum Gasteiger partial charge on any atom is 0.251 e. The molecule has 1 amide bonds. The molecule has 1 aliphatic heterocycles. The first-order valence-electron chi connectivity index (χ1n) is 8.68. The predicted molar refractivity (Wildman–Crippen MR) is 94.8 cm³/mol. The van der Waals surface area contributed by atoms with Crippen LogP contribution < -0.4 is 5.32 Å².